The van der Waals surface area contributed by atoms with Crippen LogP contribution in [0.1, 0.15) is 10.4 Å². The highest BCUT2D eigenvalue weighted by Crippen LogP contribution is 2.31. The number of hydrogen-bond acceptors (Lipinski definition) is 3. The normalized spacial score (nSPS) is 11.4. The maximum Gasteiger partial charge on any atom is 0.262 e. The SMILES string of the molecule is CN(C)C(=O)c1ccc2ccccc2c1NS(=O)(=O)c1cc(Cl)cc(Cl)c1. The monoisotopic (exact) mass is 422 g/mol. The van der Waals surface area contributed by atoms with Crippen molar-refractivity contribution in [2.75, 3.05) is 18.8 Å². The average molecular weight is 423 g/mol. The van der Waals surface area contributed by atoms with Crippen LogP contribution in [0.25, 0.3) is 10.8 Å². The Labute approximate surface area is 167 Å². The lowest BCUT2D eigenvalue weighted by Gasteiger charge is -2.18. The molecule has 0 heterocycles. The van der Waals surface area contributed by atoms with E-state index in [4.69, 9.17) is 23.2 Å². The van der Waals surface area contributed by atoms with Gasteiger partial charge in [-0.25, -0.2) is 8.42 Å². The van der Waals surface area contributed by atoms with Crippen molar-refractivity contribution in [2.45, 2.75) is 4.90 Å². The number of sulfonamides is 1. The molecule has 140 valence electrons. The van der Waals surface area contributed by atoms with Gasteiger partial charge in [-0.15, -0.1) is 0 Å². The Kier molecular flexibility index (Phi) is 5.33. The zero-order valence-corrected chi connectivity index (χ0v) is 16.9. The first-order valence-corrected chi connectivity index (χ1v) is 10.2. The third-order valence-corrected chi connectivity index (χ3v) is 5.71. The molecule has 3 aromatic rings. The van der Waals surface area contributed by atoms with E-state index in [9.17, 15) is 13.2 Å². The molecule has 0 spiro atoms. The molecule has 0 saturated carbocycles. The molecule has 0 radical (unpaired) electrons. The number of carbonyl (C=O) groups is 1. The number of benzene rings is 3. The molecule has 1 amide bonds. The summed E-state index contributed by atoms with van der Waals surface area (Å²) in [5.74, 6) is -0.317. The number of fused-ring (bicyclic) bond motifs is 1. The number of nitrogens with zero attached hydrogens (tertiary/aromatic N) is 1. The van der Waals surface area contributed by atoms with Crippen LogP contribution in [0.4, 0.5) is 5.69 Å². The van der Waals surface area contributed by atoms with E-state index >= 15 is 0 Å². The molecule has 0 aliphatic heterocycles. The Morgan fingerprint density at radius 1 is 0.963 bits per heavy atom. The summed E-state index contributed by atoms with van der Waals surface area (Å²) in [4.78, 5) is 13.9. The van der Waals surface area contributed by atoms with Crippen molar-refractivity contribution in [1.82, 2.24) is 4.90 Å². The fourth-order valence-corrected chi connectivity index (χ4v) is 4.50. The minimum Gasteiger partial charge on any atom is -0.345 e. The van der Waals surface area contributed by atoms with Crippen molar-refractivity contribution >= 4 is 55.6 Å². The van der Waals surface area contributed by atoms with Crippen molar-refractivity contribution in [3.63, 3.8) is 0 Å². The molecule has 1 N–H and O–H groups in total. The molecule has 0 saturated heterocycles. The van der Waals surface area contributed by atoms with E-state index in [1.54, 1.807) is 38.4 Å². The number of rotatable bonds is 4. The van der Waals surface area contributed by atoms with Crippen LogP contribution in [0.3, 0.4) is 0 Å². The summed E-state index contributed by atoms with van der Waals surface area (Å²) >= 11 is 11.9. The molecule has 0 aliphatic rings. The number of halogens is 2. The van der Waals surface area contributed by atoms with Crippen LogP contribution >= 0.6 is 23.2 Å². The number of hydrogen-bond donors (Lipinski definition) is 1. The lowest BCUT2D eigenvalue weighted by molar-refractivity contribution is 0.0829. The second-order valence-electron chi connectivity index (χ2n) is 6.12. The van der Waals surface area contributed by atoms with Crippen molar-refractivity contribution in [1.29, 1.82) is 0 Å². The Morgan fingerprint density at radius 3 is 2.22 bits per heavy atom. The molecule has 0 bridgehead atoms. The summed E-state index contributed by atoms with van der Waals surface area (Å²) in [6, 6.07) is 14.6. The summed E-state index contributed by atoms with van der Waals surface area (Å²) in [5.41, 5.74) is 0.457. The summed E-state index contributed by atoms with van der Waals surface area (Å²) in [7, 11) is -0.814. The van der Waals surface area contributed by atoms with Crippen molar-refractivity contribution in [3.05, 3.63) is 70.2 Å². The zero-order chi connectivity index (χ0) is 19.8. The van der Waals surface area contributed by atoms with E-state index in [1.165, 1.54) is 23.1 Å². The fourth-order valence-electron chi connectivity index (χ4n) is 2.68. The molecule has 5 nitrogen and oxygen atoms in total. The first kappa shape index (κ1) is 19.5. The van der Waals surface area contributed by atoms with Gasteiger partial charge in [0.15, 0.2) is 0 Å². The molecule has 27 heavy (non-hydrogen) atoms. The molecule has 3 rings (SSSR count). The molecule has 0 aliphatic carbocycles. The molecule has 0 unspecified atom stereocenters. The minimum absolute atomic E-state index is 0.0869. The minimum atomic E-state index is -4.02. The Hall–Kier alpha value is -2.28. The molecule has 0 aromatic heterocycles. The van der Waals surface area contributed by atoms with Gasteiger partial charge in [-0.05, 0) is 29.7 Å². The predicted molar refractivity (Wildman–Crippen MR) is 109 cm³/mol. The maximum atomic E-state index is 12.9. The van der Waals surface area contributed by atoms with Gasteiger partial charge < -0.3 is 4.90 Å². The quantitative estimate of drug-likeness (QED) is 0.665. The first-order chi connectivity index (χ1) is 12.7. The molecule has 3 aromatic carbocycles. The van der Waals surface area contributed by atoms with Crippen LogP contribution in [0.2, 0.25) is 10.0 Å². The number of carbonyl (C=O) groups excluding carboxylic acids is 1. The van der Waals surface area contributed by atoms with Crippen LogP contribution in [-0.4, -0.2) is 33.3 Å². The Bertz CT molecular complexity index is 1120. The van der Waals surface area contributed by atoms with Gasteiger partial charge in [0.2, 0.25) is 0 Å². The van der Waals surface area contributed by atoms with Crippen molar-refractivity contribution in [3.8, 4) is 0 Å². The number of anilines is 1. The standard InChI is InChI=1S/C19H16Cl2N2O3S/c1-23(2)19(24)17-8-7-12-5-3-4-6-16(12)18(17)22-27(25,26)15-10-13(20)9-14(21)11-15/h3-11,22H,1-2H3. The molecule has 0 atom stereocenters. The van der Waals surface area contributed by atoms with E-state index in [0.717, 1.165) is 5.39 Å². The summed E-state index contributed by atoms with van der Waals surface area (Å²) in [6.45, 7) is 0. The van der Waals surface area contributed by atoms with Crippen LogP contribution < -0.4 is 4.72 Å². The average Bonchev–Trinajstić information content (AvgIpc) is 2.60. The van der Waals surface area contributed by atoms with Gasteiger partial charge in [-0.3, -0.25) is 9.52 Å². The summed E-state index contributed by atoms with van der Waals surface area (Å²) < 4.78 is 28.4. The second kappa shape index (κ2) is 7.38. The zero-order valence-electron chi connectivity index (χ0n) is 14.5. The van der Waals surface area contributed by atoms with Gasteiger partial charge >= 0.3 is 0 Å². The van der Waals surface area contributed by atoms with E-state index in [-0.39, 0.29) is 32.1 Å². The number of nitrogens with one attached hydrogen (secondary N) is 1. The highest BCUT2D eigenvalue weighted by molar-refractivity contribution is 7.92. The van der Waals surface area contributed by atoms with E-state index in [0.29, 0.717) is 5.39 Å². The van der Waals surface area contributed by atoms with E-state index in [2.05, 4.69) is 4.72 Å². The van der Waals surface area contributed by atoms with Crippen LogP contribution in [0.5, 0.6) is 0 Å². The number of amides is 1. The summed E-state index contributed by atoms with van der Waals surface area (Å²) in [5, 5.41) is 1.81. The molecular formula is C19H16Cl2N2O3S. The van der Waals surface area contributed by atoms with Gasteiger partial charge in [-0.2, -0.15) is 0 Å². The van der Waals surface area contributed by atoms with Crippen LogP contribution in [0.15, 0.2) is 59.5 Å². The lowest BCUT2D eigenvalue weighted by Crippen LogP contribution is -2.24. The smallest absolute Gasteiger partial charge is 0.262 e. The predicted octanol–water partition coefficient (Wildman–Crippen LogP) is 4.65. The highest BCUT2D eigenvalue weighted by atomic mass is 35.5. The third kappa shape index (κ3) is 4.03. The Balaban J connectivity index is 2.20. The van der Waals surface area contributed by atoms with Gasteiger partial charge in [-0.1, -0.05) is 53.5 Å². The fraction of sp³-hybridized carbons (Fsp3) is 0.105. The van der Waals surface area contributed by atoms with Crippen molar-refractivity contribution in [2.24, 2.45) is 0 Å². The van der Waals surface area contributed by atoms with Crippen molar-refractivity contribution < 1.29 is 13.2 Å². The van der Waals surface area contributed by atoms with E-state index < -0.39 is 10.0 Å². The van der Waals surface area contributed by atoms with Gasteiger partial charge in [0, 0.05) is 29.5 Å². The topological polar surface area (TPSA) is 66.5 Å². The lowest BCUT2D eigenvalue weighted by atomic mass is 10.0. The third-order valence-electron chi connectivity index (χ3n) is 3.95. The van der Waals surface area contributed by atoms with E-state index in [1.807, 2.05) is 12.1 Å². The highest BCUT2D eigenvalue weighted by Gasteiger charge is 2.22. The largest absolute Gasteiger partial charge is 0.345 e. The maximum absolute atomic E-state index is 12.9. The second-order valence-corrected chi connectivity index (χ2v) is 8.67. The Morgan fingerprint density at radius 2 is 1.59 bits per heavy atom. The van der Waals surface area contributed by atoms with Crippen LogP contribution in [-0.2, 0) is 10.0 Å². The molecule has 8 heteroatoms. The molecular weight excluding hydrogens is 407 g/mol. The van der Waals surface area contributed by atoms with Gasteiger partial charge in [0.25, 0.3) is 15.9 Å². The first-order valence-electron chi connectivity index (χ1n) is 7.91. The van der Waals surface area contributed by atoms with Crippen LogP contribution in [0, 0.1) is 0 Å². The van der Waals surface area contributed by atoms with Gasteiger partial charge in [0.05, 0.1) is 16.1 Å². The van der Waals surface area contributed by atoms with Gasteiger partial charge in [0.1, 0.15) is 0 Å². The molecule has 0 fully saturated rings. The summed E-state index contributed by atoms with van der Waals surface area (Å²) in [6.07, 6.45) is 0.